The summed E-state index contributed by atoms with van der Waals surface area (Å²) < 4.78 is 18.2. The molecule has 1 heterocycles. The number of nitrogens with zero attached hydrogens (tertiary/aromatic N) is 1. The number of rotatable bonds is 5. The average molecular weight is 356 g/mol. The number of aryl methyl sites for hydroxylation is 1. The van der Waals surface area contributed by atoms with Crippen molar-refractivity contribution in [3.8, 4) is 5.75 Å². The van der Waals surface area contributed by atoms with Crippen LogP contribution in [0.4, 0.5) is 10.1 Å². The molecule has 128 valence electrons. The van der Waals surface area contributed by atoms with Crippen molar-refractivity contribution in [2.24, 2.45) is 0 Å². The fraction of sp³-hybridized carbons (Fsp3) is 0.158. The number of nitrogens with one attached hydrogen (secondary N) is 1. The van der Waals surface area contributed by atoms with Crippen molar-refractivity contribution >= 4 is 22.9 Å². The third-order valence-corrected chi connectivity index (χ3v) is 4.83. The Bertz CT molecular complexity index is 891. The van der Waals surface area contributed by atoms with E-state index in [-0.39, 0.29) is 11.7 Å². The van der Waals surface area contributed by atoms with E-state index in [1.807, 2.05) is 19.1 Å². The first kappa shape index (κ1) is 17.1. The minimum Gasteiger partial charge on any atom is -0.495 e. The summed E-state index contributed by atoms with van der Waals surface area (Å²) in [4.78, 5) is 17.6. The Balaban J connectivity index is 1.77. The van der Waals surface area contributed by atoms with Crippen molar-refractivity contribution in [1.82, 2.24) is 4.98 Å². The van der Waals surface area contributed by atoms with E-state index in [0.29, 0.717) is 28.4 Å². The molecule has 0 unspecified atom stereocenters. The van der Waals surface area contributed by atoms with Gasteiger partial charge < -0.3 is 10.1 Å². The standard InChI is InChI=1S/C19H17FN2O2S/c1-12-18(19(23)22-15-5-3-4-6-16(15)24-2)25-17(21-12)11-13-7-9-14(20)10-8-13/h3-10H,11H2,1-2H3,(H,22,23). The number of para-hydroxylation sites is 2. The van der Waals surface area contributed by atoms with E-state index in [2.05, 4.69) is 10.3 Å². The Morgan fingerprint density at radius 3 is 2.64 bits per heavy atom. The molecule has 0 saturated heterocycles. The molecule has 2 aromatic carbocycles. The molecule has 4 nitrogen and oxygen atoms in total. The number of halogens is 1. The van der Waals surface area contributed by atoms with Crippen molar-refractivity contribution in [2.45, 2.75) is 13.3 Å². The quantitative estimate of drug-likeness (QED) is 0.735. The van der Waals surface area contributed by atoms with E-state index in [0.717, 1.165) is 10.6 Å². The fourth-order valence-corrected chi connectivity index (χ4v) is 3.44. The number of thiazole rings is 1. The maximum absolute atomic E-state index is 13.0. The van der Waals surface area contributed by atoms with Crippen LogP contribution in [0.3, 0.4) is 0 Å². The molecular weight excluding hydrogens is 339 g/mol. The smallest absolute Gasteiger partial charge is 0.267 e. The van der Waals surface area contributed by atoms with Crippen molar-refractivity contribution in [2.75, 3.05) is 12.4 Å². The highest BCUT2D eigenvalue weighted by atomic mass is 32.1. The predicted octanol–water partition coefficient (Wildman–Crippen LogP) is 4.44. The van der Waals surface area contributed by atoms with Gasteiger partial charge in [-0.2, -0.15) is 0 Å². The molecule has 25 heavy (non-hydrogen) atoms. The Morgan fingerprint density at radius 2 is 1.92 bits per heavy atom. The largest absolute Gasteiger partial charge is 0.495 e. The van der Waals surface area contributed by atoms with Crippen LogP contribution in [-0.2, 0) is 6.42 Å². The molecule has 6 heteroatoms. The van der Waals surface area contributed by atoms with Crippen LogP contribution in [-0.4, -0.2) is 18.0 Å². The lowest BCUT2D eigenvalue weighted by molar-refractivity contribution is 0.102. The summed E-state index contributed by atoms with van der Waals surface area (Å²) in [6.07, 6.45) is 0.563. The Morgan fingerprint density at radius 1 is 1.20 bits per heavy atom. The molecule has 0 aliphatic heterocycles. The van der Waals surface area contributed by atoms with Crippen molar-refractivity contribution in [3.05, 3.63) is 75.5 Å². The van der Waals surface area contributed by atoms with Crippen molar-refractivity contribution in [3.63, 3.8) is 0 Å². The van der Waals surface area contributed by atoms with E-state index in [1.54, 1.807) is 31.4 Å². The minimum atomic E-state index is -0.268. The van der Waals surface area contributed by atoms with Gasteiger partial charge in [-0.3, -0.25) is 4.79 Å². The van der Waals surface area contributed by atoms with Crippen LogP contribution in [0.1, 0.15) is 25.9 Å². The molecule has 0 bridgehead atoms. The Kier molecular flexibility index (Phi) is 5.09. The number of aromatic nitrogens is 1. The predicted molar refractivity (Wildman–Crippen MR) is 97.0 cm³/mol. The summed E-state index contributed by atoms with van der Waals surface area (Å²) in [5.74, 6) is 0.116. The van der Waals surface area contributed by atoms with Gasteiger partial charge in [0.25, 0.3) is 5.91 Å². The molecule has 0 aliphatic rings. The first-order chi connectivity index (χ1) is 12.1. The van der Waals surface area contributed by atoms with Crippen LogP contribution in [0.5, 0.6) is 5.75 Å². The molecule has 0 saturated carbocycles. The van der Waals surface area contributed by atoms with Gasteiger partial charge in [0.2, 0.25) is 0 Å². The number of anilines is 1. The average Bonchev–Trinajstić information content (AvgIpc) is 2.98. The van der Waals surface area contributed by atoms with Gasteiger partial charge in [0.15, 0.2) is 0 Å². The second-order valence-electron chi connectivity index (χ2n) is 5.48. The SMILES string of the molecule is COc1ccccc1NC(=O)c1sc(Cc2ccc(F)cc2)nc1C. The Hall–Kier alpha value is -2.73. The number of amides is 1. The second-order valence-corrected chi connectivity index (χ2v) is 6.56. The Labute approximate surface area is 149 Å². The number of ether oxygens (including phenoxy) is 1. The van der Waals surface area contributed by atoms with Gasteiger partial charge in [-0.25, -0.2) is 9.37 Å². The summed E-state index contributed by atoms with van der Waals surface area (Å²) in [6.45, 7) is 1.81. The molecule has 0 aliphatic carbocycles. The third-order valence-electron chi connectivity index (χ3n) is 3.67. The zero-order valence-corrected chi connectivity index (χ0v) is 14.7. The molecule has 1 amide bonds. The van der Waals surface area contributed by atoms with Gasteiger partial charge in [0, 0.05) is 6.42 Å². The zero-order valence-electron chi connectivity index (χ0n) is 13.9. The zero-order chi connectivity index (χ0) is 17.8. The number of methoxy groups -OCH3 is 1. The van der Waals surface area contributed by atoms with Crippen LogP contribution < -0.4 is 10.1 Å². The topological polar surface area (TPSA) is 51.2 Å². The van der Waals surface area contributed by atoms with E-state index in [4.69, 9.17) is 4.74 Å². The lowest BCUT2D eigenvalue weighted by Crippen LogP contribution is -2.12. The van der Waals surface area contributed by atoms with Crippen molar-refractivity contribution < 1.29 is 13.9 Å². The third kappa shape index (κ3) is 4.03. The van der Waals surface area contributed by atoms with Gasteiger partial charge in [0.1, 0.15) is 16.4 Å². The highest BCUT2D eigenvalue weighted by molar-refractivity contribution is 7.14. The highest BCUT2D eigenvalue weighted by Gasteiger charge is 2.17. The van der Waals surface area contributed by atoms with Crippen LogP contribution >= 0.6 is 11.3 Å². The monoisotopic (exact) mass is 356 g/mol. The molecule has 3 aromatic rings. The molecular formula is C19H17FN2O2S. The van der Waals surface area contributed by atoms with Crippen LogP contribution in [0.2, 0.25) is 0 Å². The van der Waals surface area contributed by atoms with Crippen LogP contribution in [0, 0.1) is 12.7 Å². The normalized spacial score (nSPS) is 10.5. The number of benzene rings is 2. The molecule has 0 fully saturated rings. The second kappa shape index (κ2) is 7.44. The summed E-state index contributed by atoms with van der Waals surface area (Å²) in [5, 5.41) is 3.67. The maximum Gasteiger partial charge on any atom is 0.267 e. The van der Waals surface area contributed by atoms with Gasteiger partial charge in [-0.15, -0.1) is 11.3 Å². The lowest BCUT2D eigenvalue weighted by Gasteiger charge is -2.08. The highest BCUT2D eigenvalue weighted by Crippen LogP contribution is 2.26. The van der Waals surface area contributed by atoms with Gasteiger partial charge >= 0.3 is 0 Å². The first-order valence-electron chi connectivity index (χ1n) is 7.72. The summed E-state index contributed by atoms with van der Waals surface area (Å²) in [6, 6.07) is 13.5. The number of carbonyl (C=O) groups excluding carboxylic acids is 1. The number of hydrogen-bond acceptors (Lipinski definition) is 4. The number of carbonyl (C=O) groups is 1. The van der Waals surface area contributed by atoms with E-state index >= 15 is 0 Å². The molecule has 3 rings (SSSR count). The summed E-state index contributed by atoms with van der Waals surface area (Å²) in [7, 11) is 1.56. The van der Waals surface area contributed by atoms with Crippen molar-refractivity contribution in [1.29, 1.82) is 0 Å². The molecule has 0 atom stereocenters. The van der Waals surface area contributed by atoms with Gasteiger partial charge in [-0.1, -0.05) is 24.3 Å². The lowest BCUT2D eigenvalue weighted by atomic mass is 10.1. The van der Waals surface area contributed by atoms with Gasteiger partial charge in [-0.05, 0) is 36.8 Å². The maximum atomic E-state index is 13.0. The van der Waals surface area contributed by atoms with Crippen LogP contribution in [0.15, 0.2) is 48.5 Å². The summed E-state index contributed by atoms with van der Waals surface area (Å²) >= 11 is 1.34. The molecule has 1 N–H and O–H groups in total. The number of hydrogen-bond donors (Lipinski definition) is 1. The molecule has 0 spiro atoms. The van der Waals surface area contributed by atoms with E-state index in [1.165, 1.54) is 23.5 Å². The van der Waals surface area contributed by atoms with E-state index in [9.17, 15) is 9.18 Å². The molecule has 0 radical (unpaired) electrons. The molecule has 1 aromatic heterocycles. The first-order valence-corrected chi connectivity index (χ1v) is 8.53. The van der Waals surface area contributed by atoms with Gasteiger partial charge in [0.05, 0.1) is 23.5 Å². The fourth-order valence-electron chi connectivity index (χ4n) is 2.44. The summed E-state index contributed by atoms with van der Waals surface area (Å²) in [5.41, 5.74) is 2.24. The minimum absolute atomic E-state index is 0.218. The van der Waals surface area contributed by atoms with E-state index < -0.39 is 0 Å². The van der Waals surface area contributed by atoms with Crippen LogP contribution in [0.25, 0.3) is 0 Å².